The number of rotatable bonds is 7. The van der Waals surface area contributed by atoms with E-state index in [0.717, 1.165) is 0 Å². The molecule has 9 nitrogen and oxygen atoms in total. The standard InChI is InChI=1S/C19H23N3O6/c1-11(2)19(4,9-20)22-17(24)12(3)28-16(23)8-21-18(25)13-5-6-14-15(7-13)27-10-26-14/h5-7,11-12H,8,10H2,1-4H3,(H,21,25)(H,22,24)/t12-,19-/m1/s1. The van der Waals surface area contributed by atoms with Crippen LogP contribution in [0.5, 0.6) is 11.5 Å². The van der Waals surface area contributed by atoms with Crippen LogP contribution < -0.4 is 20.1 Å². The lowest BCUT2D eigenvalue weighted by atomic mass is 9.90. The summed E-state index contributed by atoms with van der Waals surface area (Å²) in [7, 11) is 0. The van der Waals surface area contributed by atoms with E-state index in [-0.39, 0.29) is 12.7 Å². The molecule has 1 aromatic rings. The molecule has 1 aromatic carbocycles. The van der Waals surface area contributed by atoms with Crippen molar-refractivity contribution >= 4 is 17.8 Å². The van der Waals surface area contributed by atoms with E-state index in [4.69, 9.17) is 14.2 Å². The molecule has 150 valence electrons. The summed E-state index contributed by atoms with van der Waals surface area (Å²) in [5.74, 6) is -1.00. The lowest BCUT2D eigenvalue weighted by Gasteiger charge is -2.28. The van der Waals surface area contributed by atoms with Gasteiger partial charge in [0.15, 0.2) is 17.6 Å². The molecule has 0 unspecified atom stereocenters. The number of nitriles is 1. The largest absolute Gasteiger partial charge is 0.454 e. The van der Waals surface area contributed by atoms with E-state index in [2.05, 4.69) is 10.6 Å². The number of hydrogen-bond donors (Lipinski definition) is 2. The number of fused-ring (bicyclic) bond motifs is 1. The number of nitrogens with one attached hydrogen (secondary N) is 2. The first-order valence-electron chi connectivity index (χ1n) is 8.77. The molecule has 0 aromatic heterocycles. The molecule has 0 fully saturated rings. The molecule has 2 amide bonds. The third-order valence-electron chi connectivity index (χ3n) is 4.48. The van der Waals surface area contributed by atoms with Gasteiger partial charge in [-0.3, -0.25) is 14.4 Å². The summed E-state index contributed by atoms with van der Waals surface area (Å²) in [6.45, 7) is 6.26. The molecule has 2 rings (SSSR count). The Kier molecular flexibility index (Phi) is 6.46. The van der Waals surface area contributed by atoms with E-state index in [1.807, 2.05) is 6.07 Å². The molecular formula is C19H23N3O6. The maximum Gasteiger partial charge on any atom is 0.326 e. The van der Waals surface area contributed by atoms with E-state index >= 15 is 0 Å². The zero-order valence-electron chi connectivity index (χ0n) is 16.2. The minimum Gasteiger partial charge on any atom is -0.454 e. The van der Waals surface area contributed by atoms with Crippen LogP contribution in [0.25, 0.3) is 0 Å². The highest BCUT2D eigenvalue weighted by Crippen LogP contribution is 2.32. The van der Waals surface area contributed by atoms with E-state index in [1.54, 1.807) is 32.9 Å². The van der Waals surface area contributed by atoms with Crippen molar-refractivity contribution in [3.63, 3.8) is 0 Å². The molecule has 0 saturated carbocycles. The lowest BCUT2D eigenvalue weighted by Crippen LogP contribution is -2.52. The van der Waals surface area contributed by atoms with Gasteiger partial charge in [-0.25, -0.2) is 0 Å². The fourth-order valence-corrected chi connectivity index (χ4v) is 2.24. The van der Waals surface area contributed by atoms with Gasteiger partial charge in [-0.05, 0) is 38.0 Å². The summed E-state index contributed by atoms with van der Waals surface area (Å²) in [5.41, 5.74) is -0.782. The molecule has 9 heteroatoms. The molecule has 0 aliphatic carbocycles. The number of benzene rings is 1. The van der Waals surface area contributed by atoms with Crippen LogP contribution in [0, 0.1) is 17.2 Å². The highest BCUT2D eigenvalue weighted by molar-refractivity contribution is 5.96. The molecule has 2 atom stereocenters. The Bertz CT molecular complexity index is 816. The van der Waals surface area contributed by atoms with Crippen molar-refractivity contribution < 1.29 is 28.6 Å². The Morgan fingerprint density at radius 1 is 1.25 bits per heavy atom. The van der Waals surface area contributed by atoms with Crippen LogP contribution in [0.3, 0.4) is 0 Å². The van der Waals surface area contributed by atoms with Crippen molar-refractivity contribution in [2.45, 2.75) is 39.3 Å². The van der Waals surface area contributed by atoms with Gasteiger partial charge in [-0.2, -0.15) is 5.26 Å². The number of esters is 1. The Labute approximate surface area is 162 Å². The molecular weight excluding hydrogens is 366 g/mol. The van der Waals surface area contributed by atoms with Crippen molar-refractivity contribution in [3.8, 4) is 17.6 Å². The van der Waals surface area contributed by atoms with Gasteiger partial charge in [0.05, 0.1) is 6.07 Å². The molecule has 1 aliphatic rings. The third-order valence-corrected chi connectivity index (χ3v) is 4.48. The van der Waals surface area contributed by atoms with Crippen molar-refractivity contribution in [3.05, 3.63) is 23.8 Å². The SMILES string of the molecule is CC(C)[C@@](C)(C#N)NC(=O)[C@@H](C)OC(=O)CNC(=O)c1ccc2c(c1)OCO2. The van der Waals surface area contributed by atoms with E-state index in [9.17, 15) is 19.6 Å². The molecule has 0 radical (unpaired) electrons. The van der Waals surface area contributed by atoms with Gasteiger partial charge in [0.1, 0.15) is 12.1 Å². The molecule has 2 N–H and O–H groups in total. The van der Waals surface area contributed by atoms with Gasteiger partial charge in [-0.1, -0.05) is 13.8 Å². The van der Waals surface area contributed by atoms with Gasteiger partial charge in [-0.15, -0.1) is 0 Å². The van der Waals surface area contributed by atoms with Gasteiger partial charge in [0.25, 0.3) is 11.8 Å². The van der Waals surface area contributed by atoms with Crippen LogP contribution in [0.4, 0.5) is 0 Å². The second-order valence-corrected chi connectivity index (χ2v) is 6.84. The fraction of sp³-hybridized carbons (Fsp3) is 0.474. The number of nitrogens with zero attached hydrogens (tertiary/aromatic N) is 1. The quantitative estimate of drug-likeness (QED) is 0.669. The molecule has 1 heterocycles. The normalized spacial score (nSPS) is 15.1. The zero-order valence-corrected chi connectivity index (χ0v) is 16.2. The van der Waals surface area contributed by atoms with Crippen LogP contribution in [0.15, 0.2) is 18.2 Å². The molecule has 1 aliphatic heterocycles. The maximum absolute atomic E-state index is 12.2. The van der Waals surface area contributed by atoms with E-state index < -0.39 is 36.0 Å². The number of carbonyl (C=O) groups excluding carboxylic acids is 3. The van der Waals surface area contributed by atoms with E-state index in [0.29, 0.717) is 17.1 Å². The van der Waals surface area contributed by atoms with Crippen LogP contribution >= 0.6 is 0 Å². The van der Waals surface area contributed by atoms with Crippen LogP contribution in [-0.4, -0.2) is 42.8 Å². The molecule has 28 heavy (non-hydrogen) atoms. The summed E-state index contributed by atoms with van der Waals surface area (Å²) in [6, 6.07) is 6.69. The Hall–Kier alpha value is -3.28. The van der Waals surface area contributed by atoms with E-state index in [1.165, 1.54) is 13.0 Å². The summed E-state index contributed by atoms with van der Waals surface area (Å²) in [5, 5.41) is 14.2. The number of hydrogen-bond acceptors (Lipinski definition) is 7. The van der Waals surface area contributed by atoms with Gasteiger partial charge >= 0.3 is 5.97 Å². The number of amides is 2. The Morgan fingerprint density at radius 3 is 2.57 bits per heavy atom. The maximum atomic E-state index is 12.2. The fourth-order valence-electron chi connectivity index (χ4n) is 2.24. The predicted octanol–water partition coefficient (Wildman–Crippen LogP) is 1.13. The van der Waals surface area contributed by atoms with Gasteiger partial charge in [0.2, 0.25) is 6.79 Å². The lowest BCUT2D eigenvalue weighted by molar-refractivity contribution is -0.154. The monoisotopic (exact) mass is 389 g/mol. The number of carbonyl (C=O) groups is 3. The highest BCUT2D eigenvalue weighted by atomic mass is 16.7. The smallest absolute Gasteiger partial charge is 0.326 e. The van der Waals surface area contributed by atoms with Crippen LogP contribution in [-0.2, 0) is 14.3 Å². The van der Waals surface area contributed by atoms with Crippen LogP contribution in [0.1, 0.15) is 38.1 Å². The topological polar surface area (TPSA) is 127 Å². The second-order valence-electron chi connectivity index (χ2n) is 6.84. The summed E-state index contributed by atoms with van der Waals surface area (Å²) in [6.07, 6.45) is -1.11. The predicted molar refractivity (Wildman–Crippen MR) is 97.5 cm³/mol. The molecule has 0 spiro atoms. The average Bonchev–Trinajstić information content (AvgIpc) is 3.13. The summed E-state index contributed by atoms with van der Waals surface area (Å²) >= 11 is 0. The van der Waals surface area contributed by atoms with Crippen LogP contribution in [0.2, 0.25) is 0 Å². The molecule has 0 saturated heterocycles. The van der Waals surface area contributed by atoms with Crippen molar-refractivity contribution in [2.75, 3.05) is 13.3 Å². The first-order valence-corrected chi connectivity index (χ1v) is 8.77. The Morgan fingerprint density at radius 2 is 1.93 bits per heavy atom. The Balaban J connectivity index is 1.84. The summed E-state index contributed by atoms with van der Waals surface area (Å²) in [4.78, 5) is 36.2. The first-order chi connectivity index (χ1) is 13.2. The number of ether oxygens (including phenoxy) is 3. The van der Waals surface area contributed by atoms with Crippen molar-refractivity contribution in [1.82, 2.24) is 10.6 Å². The first kappa shape index (κ1) is 21.0. The second kappa shape index (κ2) is 8.61. The average molecular weight is 389 g/mol. The summed E-state index contributed by atoms with van der Waals surface area (Å²) < 4.78 is 15.4. The van der Waals surface area contributed by atoms with Crippen molar-refractivity contribution in [1.29, 1.82) is 5.26 Å². The minimum atomic E-state index is -1.11. The van der Waals surface area contributed by atoms with Gasteiger partial charge in [0, 0.05) is 5.56 Å². The molecule has 0 bridgehead atoms. The van der Waals surface area contributed by atoms with Gasteiger partial charge < -0.3 is 24.8 Å². The highest BCUT2D eigenvalue weighted by Gasteiger charge is 2.32. The minimum absolute atomic E-state index is 0.0916. The van der Waals surface area contributed by atoms with Crippen molar-refractivity contribution in [2.24, 2.45) is 5.92 Å². The zero-order chi connectivity index (χ0) is 20.9. The third kappa shape index (κ3) is 4.91.